The van der Waals surface area contributed by atoms with E-state index in [2.05, 4.69) is 0 Å². The number of hydrogen-bond donors (Lipinski definition) is 2. The molecule has 0 aromatic carbocycles. The van der Waals surface area contributed by atoms with Crippen LogP contribution < -0.4 is 10.9 Å². The zero-order valence-corrected chi connectivity index (χ0v) is 9.39. The number of nitrogens with zero attached hydrogens (tertiary/aromatic N) is 1. The van der Waals surface area contributed by atoms with E-state index in [9.17, 15) is 8.42 Å². The molecule has 1 aliphatic rings. The molecule has 5 nitrogen and oxygen atoms in total. The molecular formula is C8H19N3O2S. The molecule has 0 unspecified atom stereocenters. The van der Waals surface area contributed by atoms with Gasteiger partial charge in [-0.1, -0.05) is 19.8 Å². The summed E-state index contributed by atoms with van der Waals surface area (Å²) in [6, 6.07) is 0. The van der Waals surface area contributed by atoms with Crippen LogP contribution in [-0.4, -0.2) is 31.4 Å². The molecule has 1 saturated carbocycles. The van der Waals surface area contributed by atoms with E-state index < -0.39 is 15.7 Å². The van der Waals surface area contributed by atoms with Gasteiger partial charge in [-0.2, -0.15) is 12.7 Å². The molecule has 1 fully saturated rings. The largest absolute Gasteiger partial charge is 0.329 e. The predicted octanol–water partition coefficient (Wildman–Crippen LogP) is -0.217. The molecule has 0 aromatic rings. The Morgan fingerprint density at radius 2 is 1.86 bits per heavy atom. The Kier molecular flexibility index (Phi) is 3.52. The van der Waals surface area contributed by atoms with Crippen LogP contribution in [0.1, 0.15) is 32.6 Å². The summed E-state index contributed by atoms with van der Waals surface area (Å²) in [6.45, 7) is 2.55. The van der Waals surface area contributed by atoms with E-state index in [1.54, 1.807) is 6.92 Å². The first-order chi connectivity index (χ1) is 6.46. The van der Waals surface area contributed by atoms with Crippen molar-refractivity contribution >= 4 is 10.2 Å². The molecule has 6 heteroatoms. The lowest BCUT2D eigenvalue weighted by molar-refractivity contribution is 0.205. The van der Waals surface area contributed by atoms with Crippen molar-refractivity contribution in [1.82, 2.24) is 4.31 Å². The van der Waals surface area contributed by atoms with Gasteiger partial charge in [0.1, 0.15) is 0 Å². The summed E-state index contributed by atoms with van der Waals surface area (Å²) < 4.78 is 24.1. The number of likely N-dealkylation sites (N-methyl/N-ethyl adjacent to an activating group) is 1. The first-order valence-electron chi connectivity index (χ1n) is 4.97. The molecule has 0 aliphatic heterocycles. The summed E-state index contributed by atoms with van der Waals surface area (Å²) in [4.78, 5) is 0. The fourth-order valence-electron chi connectivity index (χ4n) is 2.37. The van der Waals surface area contributed by atoms with Gasteiger partial charge >= 0.3 is 0 Å². The van der Waals surface area contributed by atoms with Gasteiger partial charge in [0, 0.05) is 18.6 Å². The highest BCUT2D eigenvalue weighted by Gasteiger charge is 2.42. The van der Waals surface area contributed by atoms with Crippen molar-refractivity contribution < 1.29 is 8.42 Å². The monoisotopic (exact) mass is 221 g/mol. The van der Waals surface area contributed by atoms with Gasteiger partial charge in [-0.15, -0.1) is 0 Å². The molecule has 0 spiro atoms. The lowest BCUT2D eigenvalue weighted by Gasteiger charge is -2.37. The molecule has 0 saturated heterocycles. The van der Waals surface area contributed by atoms with E-state index in [-0.39, 0.29) is 0 Å². The maximum absolute atomic E-state index is 11.4. The van der Waals surface area contributed by atoms with Crippen molar-refractivity contribution in [3.05, 3.63) is 0 Å². The summed E-state index contributed by atoms with van der Waals surface area (Å²) >= 11 is 0. The van der Waals surface area contributed by atoms with Crippen molar-refractivity contribution in [3.8, 4) is 0 Å². The van der Waals surface area contributed by atoms with Crippen LogP contribution in [0.25, 0.3) is 0 Å². The van der Waals surface area contributed by atoms with Gasteiger partial charge in [-0.25, -0.2) is 5.14 Å². The summed E-state index contributed by atoms with van der Waals surface area (Å²) in [5.41, 5.74) is 5.27. The lowest BCUT2D eigenvalue weighted by atomic mass is 9.98. The summed E-state index contributed by atoms with van der Waals surface area (Å²) in [7, 11) is -3.62. The minimum atomic E-state index is -3.62. The first kappa shape index (κ1) is 11.9. The Balaban J connectivity index is 2.96. The van der Waals surface area contributed by atoms with E-state index in [0.29, 0.717) is 13.1 Å². The van der Waals surface area contributed by atoms with E-state index in [4.69, 9.17) is 10.9 Å². The van der Waals surface area contributed by atoms with Crippen LogP contribution in [0.4, 0.5) is 0 Å². The third kappa shape index (κ3) is 2.08. The van der Waals surface area contributed by atoms with Crippen molar-refractivity contribution in [3.63, 3.8) is 0 Å². The smallest absolute Gasteiger partial charge is 0.277 e. The molecular weight excluding hydrogens is 202 g/mol. The molecule has 0 bridgehead atoms. The van der Waals surface area contributed by atoms with Crippen LogP contribution >= 0.6 is 0 Å². The van der Waals surface area contributed by atoms with E-state index in [1.165, 1.54) is 4.31 Å². The first-order valence-corrected chi connectivity index (χ1v) is 6.47. The number of nitrogens with two attached hydrogens (primary N) is 2. The molecule has 0 amide bonds. The fraction of sp³-hybridized carbons (Fsp3) is 1.00. The van der Waals surface area contributed by atoms with Gasteiger partial charge in [-0.05, 0) is 12.8 Å². The van der Waals surface area contributed by atoms with Crippen molar-refractivity contribution in [2.45, 2.75) is 38.1 Å². The maximum atomic E-state index is 11.4. The van der Waals surface area contributed by atoms with E-state index >= 15 is 0 Å². The molecule has 4 N–H and O–H groups in total. The summed E-state index contributed by atoms with van der Waals surface area (Å²) in [5.74, 6) is 0. The highest BCUT2D eigenvalue weighted by molar-refractivity contribution is 7.86. The molecule has 0 atom stereocenters. The second-order valence-corrected chi connectivity index (χ2v) is 5.32. The quantitative estimate of drug-likeness (QED) is 0.688. The highest BCUT2D eigenvalue weighted by atomic mass is 32.2. The van der Waals surface area contributed by atoms with Gasteiger partial charge in [0.15, 0.2) is 0 Å². The van der Waals surface area contributed by atoms with Gasteiger partial charge in [0.05, 0.1) is 0 Å². The Morgan fingerprint density at radius 1 is 1.36 bits per heavy atom. The van der Waals surface area contributed by atoms with Gasteiger partial charge in [0.25, 0.3) is 10.2 Å². The second kappa shape index (κ2) is 4.14. The Labute approximate surface area is 85.6 Å². The average molecular weight is 221 g/mol. The predicted molar refractivity (Wildman–Crippen MR) is 55.7 cm³/mol. The van der Waals surface area contributed by atoms with Crippen LogP contribution in [0.2, 0.25) is 0 Å². The molecule has 0 aromatic heterocycles. The van der Waals surface area contributed by atoms with Crippen molar-refractivity contribution in [1.29, 1.82) is 0 Å². The van der Waals surface area contributed by atoms with Crippen LogP contribution in [0.5, 0.6) is 0 Å². The second-order valence-electron chi connectivity index (χ2n) is 3.85. The van der Waals surface area contributed by atoms with Crippen LogP contribution in [0.3, 0.4) is 0 Å². The zero-order valence-electron chi connectivity index (χ0n) is 8.57. The number of hydrogen-bond acceptors (Lipinski definition) is 3. The molecule has 0 radical (unpaired) electrons. The molecule has 1 aliphatic carbocycles. The fourth-order valence-corrected chi connectivity index (χ4v) is 3.53. The third-order valence-corrected chi connectivity index (χ3v) is 4.30. The highest BCUT2D eigenvalue weighted by Crippen LogP contribution is 2.35. The van der Waals surface area contributed by atoms with Crippen LogP contribution in [-0.2, 0) is 10.2 Å². The topological polar surface area (TPSA) is 89.4 Å². The van der Waals surface area contributed by atoms with Gasteiger partial charge < -0.3 is 5.73 Å². The molecule has 1 rings (SSSR count). The van der Waals surface area contributed by atoms with E-state index in [0.717, 1.165) is 25.7 Å². The van der Waals surface area contributed by atoms with Crippen molar-refractivity contribution in [2.75, 3.05) is 13.1 Å². The SMILES string of the molecule is CCN(C1(CN)CCCC1)S(N)(=O)=O. The average Bonchev–Trinajstić information content (AvgIpc) is 2.53. The summed E-state index contributed by atoms with van der Waals surface area (Å²) in [6.07, 6.45) is 3.72. The molecule has 14 heavy (non-hydrogen) atoms. The third-order valence-electron chi connectivity index (χ3n) is 3.04. The standard InChI is InChI=1S/C8H19N3O2S/c1-2-11(14(10,12)13)8(7-9)5-3-4-6-8/h2-7,9H2,1H3,(H2,10,12,13). The molecule has 84 valence electrons. The number of rotatable bonds is 4. The van der Waals surface area contributed by atoms with Gasteiger partial charge in [-0.3, -0.25) is 0 Å². The Bertz CT molecular complexity index is 283. The Morgan fingerprint density at radius 3 is 2.14 bits per heavy atom. The van der Waals surface area contributed by atoms with Crippen LogP contribution in [0.15, 0.2) is 0 Å². The minimum Gasteiger partial charge on any atom is -0.329 e. The zero-order chi connectivity index (χ0) is 10.8. The van der Waals surface area contributed by atoms with E-state index in [1.807, 2.05) is 0 Å². The van der Waals surface area contributed by atoms with Crippen LogP contribution in [0, 0.1) is 0 Å². The summed E-state index contributed by atoms with van der Waals surface area (Å²) in [5, 5.41) is 5.17. The van der Waals surface area contributed by atoms with Gasteiger partial charge in [0.2, 0.25) is 0 Å². The lowest BCUT2D eigenvalue weighted by Crippen LogP contribution is -2.56. The maximum Gasteiger partial charge on any atom is 0.277 e. The molecule has 0 heterocycles. The minimum absolute atomic E-state index is 0.358. The normalized spacial score (nSPS) is 21.7. The van der Waals surface area contributed by atoms with Crippen molar-refractivity contribution in [2.24, 2.45) is 10.9 Å². The Hall–Kier alpha value is -0.170.